The second kappa shape index (κ2) is 8.58. The van der Waals surface area contributed by atoms with E-state index in [9.17, 15) is 20.2 Å². The quantitative estimate of drug-likeness (QED) is 0.390. The number of anilines is 1. The Hall–Kier alpha value is -4.33. The highest BCUT2D eigenvalue weighted by Gasteiger charge is 2.29. The molecule has 1 aliphatic heterocycles. The fourth-order valence-corrected chi connectivity index (χ4v) is 3.49. The second-order valence-corrected chi connectivity index (χ2v) is 7.03. The molecule has 0 fully saturated rings. The highest BCUT2D eigenvalue weighted by atomic mass is 16.6. The Kier molecular flexibility index (Phi) is 5.53. The van der Waals surface area contributed by atoms with E-state index in [0.717, 1.165) is 17.0 Å². The summed E-state index contributed by atoms with van der Waals surface area (Å²) < 4.78 is 0. The number of allylic oxidation sites excluding steroid dienone is 1. The summed E-state index contributed by atoms with van der Waals surface area (Å²) in [5, 5.41) is 28.8. The van der Waals surface area contributed by atoms with Crippen LogP contribution in [0.5, 0.6) is 0 Å². The van der Waals surface area contributed by atoms with Crippen LogP contribution in [0.2, 0.25) is 0 Å². The number of para-hydroxylation sites is 1. The molecule has 1 atom stereocenters. The first-order valence-electron chi connectivity index (χ1n) is 9.60. The van der Waals surface area contributed by atoms with Crippen LogP contribution in [-0.2, 0) is 0 Å². The SMILES string of the molecule is O=[N+]([O-])c1cccc(/C=C/C2=NN(c3ccccc3)C(c3cccc([N+](=O)[O-])c3)C2)c1. The van der Waals surface area contributed by atoms with Crippen LogP contribution in [0.3, 0.4) is 0 Å². The Morgan fingerprint density at radius 2 is 1.52 bits per heavy atom. The molecular formula is C23H18N4O4. The lowest BCUT2D eigenvalue weighted by Crippen LogP contribution is -2.18. The van der Waals surface area contributed by atoms with E-state index in [0.29, 0.717) is 12.0 Å². The average molecular weight is 414 g/mol. The van der Waals surface area contributed by atoms with Crippen molar-refractivity contribution in [2.45, 2.75) is 12.5 Å². The summed E-state index contributed by atoms with van der Waals surface area (Å²) in [5.41, 5.74) is 3.19. The first kappa shape index (κ1) is 20.0. The molecule has 1 unspecified atom stereocenters. The number of nitro benzene ring substituents is 2. The Balaban J connectivity index is 1.65. The third-order valence-corrected chi connectivity index (χ3v) is 4.97. The van der Waals surface area contributed by atoms with E-state index < -0.39 is 9.85 Å². The molecule has 0 spiro atoms. The molecule has 0 saturated heterocycles. The first-order valence-corrected chi connectivity index (χ1v) is 9.60. The molecule has 0 N–H and O–H groups in total. The summed E-state index contributed by atoms with van der Waals surface area (Å²) in [6.07, 6.45) is 4.15. The lowest BCUT2D eigenvalue weighted by molar-refractivity contribution is -0.385. The molecule has 31 heavy (non-hydrogen) atoms. The zero-order valence-corrected chi connectivity index (χ0v) is 16.4. The van der Waals surface area contributed by atoms with Gasteiger partial charge in [0.2, 0.25) is 0 Å². The summed E-state index contributed by atoms with van der Waals surface area (Å²) in [6, 6.07) is 22.3. The van der Waals surface area contributed by atoms with Gasteiger partial charge in [0.05, 0.1) is 27.3 Å². The molecule has 0 bridgehead atoms. The minimum absolute atomic E-state index is 0.0240. The van der Waals surface area contributed by atoms with Crippen molar-refractivity contribution < 1.29 is 9.85 Å². The molecule has 4 rings (SSSR count). The predicted octanol–water partition coefficient (Wildman–Crippen LogP) is 5.52. The van der Waals surface area contributed by atoms with Crippen LogP contribution in [-0.4, -0.2) is 15.6 Å². The van der Waals surface area contributed by atoms with Crippen molar-refractivity contribution in [3.63, 3.8) is 0 Å². The first-order chi connectivity index (χ1) is 15.0. The van der Waals surface area contributed by atoms with Crippen LogP contribution in [0.25, 0.3) is 6.08 Å². The predicted molar refractivity (Wildman–Crippen MR) is 119 cm³/mol. The Morgan fingerprint density at radius 1 is 0.839 bits per heavy atom. The highest BCUT2D eigenvalue weighted by Crippen LogP contribution is 2.36. The number of nitro groups is 2. The number of rotatable bonds is 6. The van der Waals surface area contributed by atoms with E-state index in [4.69, 9.17) is 5.10 Å². The van der Waals surface area contributed by atoms with E-state index in [1.165, 1.54) is 18.2 Å². The summed E-state index contributed by atoms with van der Waals surface area (Å²) in [7, 11) is 0. The fourth-order valence-electron chi connectivity index (χ4n) is 3.49. The molecule has 3 aromatic rings. The maximum Gasteiger partial charge on any atom is 0.270 e. The number of hydrogen-bond acceptors (Lipinski definition) is 6. The number of hydrazone groups is 1. The zero-order chi connectivity index (χ0) is 21.8. The van der Waals surface area contributed by atoms with Gasteiger partial charge in [-0.3, -0.25) is 25.2 Å². The maximum atomic E-state index is 11.2. The van der Waals surface area contributed by atoms with E-state index >= 15 is 0 Å². The normalized spacial score (nSPS) is 15.8. The van der Waals surface area contributed by atoms with Crippen LogP contribution < -0.4 is 5.01 Å². The fraction of sp³-hybridized carbons (Fsp3) is 0.0870. The third kappa shape index (κ3) is 4.48. The molecule has 1 heterocycles. The van der Waals surface area contributed by atoms with Crippen molar-refractivity contribution in [1.29, 1.82) is 0 Å². The molecule has 0 aromatic heterocycles. The number of non-ortho nitro benzene ring substituents is 2. The van der Waals surface area contributed by atoms with E-state index in [2.05, 4.69) is 0 Å². The van der Waals surface area contributed by atoms with Crippen LogP contribution in [0.15, 0.2) is 90.0 Å². The molecule has 3 aromatic carbocycles. The van der Waals surface area contributed by atoms with Gasteiger partial charge < -0.3 is 0 Å². The summed E-state index contributed by atoms with van der Waals surface area (Å²) in [5.74, 6) is 0. The van der Waals surface area contributed by atoms with Gasteiger partial charge in [-0.2, -0.15) is 5.10 Å². The smallest absolute Gasteiger partial charge is 0.258 e. The topological polar surface area (TPSA) is 102 Å². The monoisotopic (exact) mass is 414 g/mol. The molecule has 0 aliphatic carbocycles. The highest BCUT2D eigenvalue weighted by molar-refractivity contribution is 6.01. The largest absolute Gasteiger partial charge is 0.270 e. The Bertz CT molecular complexity index is 1190. The molecular weight excluding hydrogens is 396 g/mol. The molecule has 8 nitrogen and oxygen atoms in total. The number of benzene rings is 3. The van der Waals surface area contributed by atoms with Crippen LogP contribution in [0, 0.1) is 20.2 Å². The van der Waals surface area contributed by atoms with Crippen LogP contribution >= 0.6 is 0 Å². The van der Waals surface area contributed by atoms with Crippen LogP contribution in [0.4, 0.5) is 17.1 Å². The van der Waals surface area contributed by atoms with Crippen molar-refractivity contribution in [3.05, 3.63) is 116 Å². The van der Waals surface area contributed by atoms with Gasteiger partial charge in [0.25, 0.3) is 11.4 Å². The Morgan fingerprint density at radius 3 is 2.23 bits per heavy atom. The average Bonchev–Trinajstić information content (AvgIpc) is 3.23. The molecule has 0 radical (unpaired) electrons. The minimum Gasteiger partial charge on any atom is -0.258 e. The van der Waals surface area contributed by atoms with Crippen molar-refractivity contribution >= 4 is 28.8 Å². The van der Waals surface area contributed by atoms with Crippen molar-refractivity contribution in [2.75, 3.05) is 5.01 Å². The van der Waals surface area contributed by atoms with Gasteiger partial charge in [-0.15, -0.1) is 0 Å². The summed E-state index contributed by atoms with van der Waals surface area (Å²) >= 11 is 0. The van der Waals surface area contributed by atoms with E-state index in [1.54, 1.807) is 30.3 Å². The minimum atomic E-state index is -0.431. The molecule has 0 amide bonds. The summed E-state index contributed by atoms with van der Waals surface area (Å²) in [4.78, 5) is 21.4. The van der Waals surface area contributed by atoms with Gasteiger partial charge >= 0.3 is 0 Å². The number of hydrogen-bond donors (Lipinski definition) is 0. The van der Waals surface area contributed by atoms with Gasteiger partial charge in [-0.25, -0.2) is 0 Å². The van der Waals surface area contributed by atoms with Crippen molar-refractivity contribution in [3.8, 4) is 0 Å². The standard InChI is InChI=1S/C23H18N4O4/c28-26(29)21-10-4-6-17(14-21)12-13-19-16-23(18-7-5-11-22(15-18)27(30)31)25(24-19)20-8-2-1-3-9-20/h1-15,23H,16H2/b13-12+. The molecule has 0 saturated carbocycles. The van der Waals surface area contributed by atoms with Crippen molar-refractivity contribution in [2.24, 2.45) is 5.10 Å². The summed E-state index contributed by atoms with van der Waals surface area (Å²) in [6.45, 7) is 0. The van der Waals surface area contributed by atoms with Gasteiger partial charge in [0.1, 0.15) is 0 Å². The lowest BCUT2D eigenvalue weighted by atomic mass is 10.0. The van der Waals surface area contributed by atoms with Gasteiger partial charge in [0.15, 0.2) is 0 Å². The van der Waals surface area contributed by atoms with Crippen molar-refractivity contribution in [1.82, 2.24) is 0 Å². The van der Waals surface area contributed by atoms with Gasteiger partial charge in [0, 0.05) is 30.7 Å². The second-order valence-electron chi connectivity index (χ2n) is 7.03. The lowest BCUT2D eigenvalue weighted by Gasteiger charge is -2.23. The van der Waals surface area contributed by atoms with E-state index in [-0.39, 0.29) is 17.4 Å². The molecule has 1 aliphatic rings. The molecule has 154 valence electrons. The van der Waals surface area contributed by atoms with E-state index in [1.807, 2.05) is 47.5 Å². The van der Waals surface area contributed by atoms with Crippen LogP contribution in [0.1, 0.15) is 23.6 Å². The molecule has 8 heteroatoms. The van der Waals surface area contributed by atoms with Gasteiger partial charge in [-0.1, -0.05) is 48.5 Å². The maximum absolute atomic E-state index is 11.2. The Labute approximate surface area is 178 Å². The number of nitrogens with zero attached hydrogens (tertiary/aromatic N) is 4. The van der Waals surface area contributed by atoms with Gasteiger partial charge in [-0.05, 0) is 29.3 Å². The zero-order valence-electron chi connectivity index (χ0n) is 16.4. The third-order valence-electron chi connectivity index (χ3n) is 4.97.